The van der Waals surface area contributed by atoms with E-state index in [9.17, 15) is 43.2 Å². The monoisotopic (exact) mass is 1280 g/mol. The highest BCUT2D eigenvalue weighted by atomic mass is 31.2. The predicted octanol–water partition coefficient (Wildman–Crippen LogP) is 18.9. The van der Waals surface area contributed by atoms with Crippen LogP contribution in [-0.2, 0) is 65.4 Å². The lowest BCUT2D eigenvalue weighted by Crippen LogP contribution is -2.30. The van der Waals surface area contributed by atoms with Gasteiger partial charge < -0.3 is 33.8 Å². The van der Waals surface area contributed by atoms with Crippen molar-refractivity contribution in [2.75, 3.05) is 39.6 Å². The molecule has 3 N–H and O–H groups in total. The van der Waals surface area contributed by atoms with Crippen molar-refractivity contribution in [3.05, 3.63) is 0 Å². The van der Waals surface area contributed by atoms with Gasteiger partial charge in [-0.05, 0) is 49.4 Å². The van der Waals surface area contributed by atoms with E-state index in [1.54, 1.807) is 0 Å². The maximum atomic E-state index is 13.0. The van der Waals surface area contributed by atoms with E-state index in [1.807, 2.05) is 0 Å². The van der Waals surface area contributed by atoms with Crippen molar-refractivity contribution in [2.45, 2.75) is 350 Å². The molecule has 0 aliphatic rings. The summed E-state index contributed by atoms with van der Waals surface area (Å²) in [6, 6.07) is 0. The summed E-state index contributed by atoms with van der Waals surface area (Å²) in [5, 5.41) is 10.6. The predicted molar refractivity (Wildman–Crippen MR) is 349 cm³/mol. The maximum absolute atomic E-state index is 13.0. The summed E-state index contributed by atoms with van der Waals surface area (Å²) in [7, 11) is -9.90. The number of hydrogen-bond acceptors (Lipinski definition) is 15. The molecular formula is C68H132O17P2. The number of carbonyl (C=O) groups is 4. The Kier molecular flexibility index (Phi) is 56.6. The molecule has 0 rings (SSSR count). The van der Waals surface area contributed by atoms with Crippen LogP contribution in [0.15, 0.2) is 0 Å². The van der Waals surface area contributed by atoms with E-state index < -0.39 is 97.5 Å². The molecule has 516 valence electrons. The Morgan fingerprint density at radius 1 is 0.322 bits per heavy atom. The topological polar surface area (TPSA) is 237 Å². The fraction of sp³-hybridized carbons (Fsp3) is 0.941. The molecule has 0 aromatic carbocycles. The molecule has 0 aliphatic heterocycles. The lowest BCUT2D eigenvalue weighted by Gasteiger charge is -2.21. The van der Waals surface area contributed by atoms with Crippen LogP contribution in [0.1, 0.15) is 331 Å². The number of phosphoric ester groups is 2. The Morgan fingerprint density at radius 2 is 0.552 bits per heavy atom. The molecule has 87 heavy (non-hydrogen) atoms. The van der Waals surface area contributed by atoms with Crippen molar-refractivity contribution in [1.82, 2.24) is 0 Å². The largest absolute Gasteiger partial charge is 0.472 e. The van der Waals surface area contributed by atoms with Crippen molar-refractivity contribution in [2.24, 2.45) is 23.7 Å². The van der Waals surface area contributed by atoms with Crippen molar-refractivity contribution < 1.29 is 80.2 Å². The molecule has 5 unspecified atom stereocenters. The van der Waals surface area contributed by atoms with Crippen molar-refractivity contribution >= 4 is 39.5 Å². The average Bonchev–Trinajstić information content (AvgIpc) is 3.69. The highest BCUT2D eigenvalue weighted by Crippen LogP contribution is 2.45. The molecule has 7 atom stereocenters. The van der Waals surface area contributed by atoms with Gasteiger partial charge in [-0.15, -0.1) is 0 Å². The first-order chi connectivity index (χ1) is 41.7. The van der Waals surface area contributed by atoms with Crippen LogP contribution in [0, 0.1) is 23.7 Å². The van der Waals surface area contributed by atoms with Gasteiger partial charge in [-0.2, -0.15) is 0 Å². The number of phosphoric acid groups is 2. The Labute approximate surface area is 530 Å². The fourth-order valence-corrected chi connectivity index (χ4v) is 11.7. The van der Waals surface area contributed by atoms with E-state index in [1.165, 1.54) is 135 Å². The van der Waals surface area contributed by atoms with Crippen LogP contribution in [0.4, 0.5) is 0 Å². The summed E-state index contributed by atoms with van der Waals surface area (Å²) < 4.78 is 68.2. The SMILES string of the molecule is CCC(C)CCCCCCCCCCCCC(=O)O[C@H](COC(=O)CCCCCCCCCCCC(C)C)COP(=O)(O)OCC(O)COP(=O)(O)OC[C@@H](COC(=O)CCCCCCCCCCC(C)C)OC(=O)CCCCCCCCC(C)CC. The Hall–Kier alpha value is -1.94. The molecule has 0 bridgehead atoms. The number of aliphatic hydroxyl groups excluding tert-OH is 1. The highest BCUT2D eigenvalue weighted by Gasteiger charge is 2.30. The number of carbonyl (C=O) groups excluding carboxylic acids is 4. The van der Waals surface area contributed by atoms with Gasteiger partial charge in [0, 0.05) is 25.7 Å². The summed E-state index contributed by atoms with van der Waals surface area (Å²) in [5.41, 5.74) is 0. The molecule has 19 heteroatoms. The lowest BCUT2D eigenvalue weighted by molar-refractivity contribution is -0.161. The number of aliphatic hydroxyl groups is 1. The van der Waals surface area contributed by atoms with Gasteiger partial charge in [0.2, 0.25) is 0 Å². The fourth-order valence-electron chi connectivity index (χ4n) is 10.1. The standard InChI is InChI=1S/C68H132O17P2/c1-9-60(7)46-38-30-22-15-11-12-16-25-34-42-50-67(72)84-63(54-78-65(70)48-40-32-23-17-13-14-20-28-36-44-58(3)4)56-82-86(74,75)80-52-62(69)53-81-87(76,77)83-57-64(85-68(73)51-43-35-27-26-31-39-47-61(8)10-2)55-79-66(71)49-41-33-24-19-18-21-29-37-45-59(5)6/h58-64,69H,9-57H2,1-8H3,(H,74,75)(H,76,77)/t60?,61?,62?,63-,64-/m1/s1. The van der Waals surface area contributed by atoms with Crippen molar-refractivity contribution in [3.8, 4) is 0 Å². The van der Waals surface area contributed by atoms with E-state index in [0.29, 0.717) is 25.7 Å². The first-order valence-corrected chi connectivity index (χ1v) is 38.3. The molecule has 0 aliphatic carbocycles. The van der Waals surface area contributed by atoms with Crippen LogP contribution in [-0.4, -0.2) is 96.7 Å². The molecular weight excluding hydrogens is 1150 g/mol. The van der Waals surface area contributed by atoms with E-state index in [4.69, 9.17) is 37.0 Å². The van der Waals surface area contributed by atoms with E-state index in [2.05, 4.69) is 55.4 Å². The van der Waals surface area contributed by atoms with Gasteiger partial charge in [-0.3, -0.25) is 37.3 Å². The van der Waals surface area contributed by atoms with Crippen LogP contribution in [0.5, 0.6) is 0 Å². The lowest BCUT2D eigenvalue weighted by atomic mass is 9.99. The molecule has 17 nitrogen and oxygen atoms in total. The molecule has 0 spiro atoms. The Balaban J connectivity index is 5.27. The second-order valence-corrected chi connectivity index (χ2v) is 28.9. The minimum atomic E-state index is -4.95. The minimum Gasteiger partial charge on any atom is -0.462 e. The van der Waals surface area contributed by atoms with Gasteiger partial charge in [0.1, 0.15) is 19.3 Å². The molecule has 0 saturated heterocycles. The number of ether oxygens (including phenoxy) is 4. The van der Waals surface area contributed by atoms with Crippen molar-refractivity contribution in [3.63, 3.8) is 0 Å². The van der Waals surface area contributed by atoms with Gasteiger partial charge in [0.15, 0.2) is 12.2 Å². The van der Waals surface area contributed by atoms with Crippen molar-refractivity contribution in [1.29, 1.82) is 0 Å². The van der Waals surface area contributed by atoms with Crippen LogP contribution in [0.2, 0.25) is 0 Å². The van der Waals surface area contributed by atoms with Gasteiger partial charge in [0.25, 0.3) is 0 Å². The zero-order valence-electron chi connectivity index (χ0n) is 56.6. The normalized spacial score (nSPS) is 15.0. The summed E-state index contributed by atoms with van der Waals surface area (Å²) in [6.07, 6.45) is 38.9. The molecule has 0 radical (unpaired) electrons. The average molecular weight is 1280 g/mol. The van der Waals surface area contributed by atoms with Crippen LogP contribution < -0.4 is 0 Å². The number of unbranched alkanes of at least 4 members (excludes halogenated alkanes) is 29. The number of esters is 4. The first-order valence-electron chi connectivity index (χ1n) is 35.3. The number of hydrogen-bond donors (Lipinski definition) is 3. The van der Waals surface area contributed by atoms with Crippen LogP contribution in [0.3, 0.4) is 0 Å². The molecule has 0 saturated carbocycles. The summed E-state index contributed by atoms with van der Waals surface area (Å²) in [5.74, 6) is 0.858. The smallest absolute Gasteiger partial charge is 0.462 e. The van der Waals surface area contributed by atoms with Gasteiger partial charge in [0.05, 0.1) is 26.4 Å². The van der Waals surface area contributed by atoms with E-state index >= 15 is 0 Å². The third kappa shape index (κ3) is 60.1. The Morgan fingerprint density at radius 3 is 0.816 bits per heavy atom. The molecule has 0 fully saturated rings. The molecule has 0 heterocycles. The van der Waals surface area contributed by atoms with Gasteiger partial charge in [-0.25, -0.2) is 9.13 Å². The summed E-state index contributed by atoms with van der Waals surface area (Å²) in [6.45, 7) is 14.1. The first kappa shape index (κ1) is 85.1. The Bertz CT molecular complexity index is 1730. The zero-order valence-corrected chi connectivity index (χ0v) is 58.4. The number of rotatable bonds is 65. The summed E-state index contributed by atoms with van der Waals surface area (Å²) in [4.78, 5) is 72.4. The third-order valence-electron chi connectivity index (χ3n) is 16.3. The minimum absolute atomic E-state index is 0.102. The van der Waals surface area contributed by atoms with Crippen LogP contribution >= 0.6 is 15.6 Å². The van der Waals surface area contributed by atoms with Crippen LogP contribution in [0.25, 0.3) is 0 Å². The molecule has 0 aromatic rings. The van der Waals surface area contributed by atoms with E-state index in [-0.39, 0.29) is 25.7 Å². The van der Waals surface area contributed by atoms with Gasteiger partial charge >= 0.3 is 39.5 Å². The second-order valence-electron chi connectivity index (χ2n) is 26.0. The quantitative estimate of drug-likeness (QED) is 0.0222. The third-order valence-corrected chi connectivity index (χ3v) is 18.2. The maximum Gasteiger partial charge on any atom is 0.472 e. The van der Waals surface area contributed by atoms with Gasteiger partial charge in [-0.1, -0.05) is 280 Å². The second kappa shape index (κ2) is 57.9. The highest BCUT2D eigenvalue weighted by molar-refractivity contribution is 7.47. The molecule has 0 aromatic heterocycles. The molecule has 0 amide bonds. The zero-order chi connectivity index (χ0) is 64.7. The van der Waals surface area contributed by atoms with E-state index in [0.717, 1.165) is 114 Å². The summed E-state index contributed by atoms with van der Waals surface area (Å²) >= 11 is 0.